The van der Waals surface area contributed by atoms with E-state index in [1.165, 1.54) is 5.56 Å². The van der Waals surface area contributed by atoms with Gasteiger partial charge in [0, 0.05) is 38.0 Å². The van der Waals surface area contributed by atoms with E-state index in [9.17, 15) is 9.59 Å². The molecule has 2 aromatic rings. The van der Waals surface area contributed by atoms with Crippen molar-refractivity contribution in [1.82, 2.24) is 25.4 Å². The lowest BCUT2D eigenvalue weighted by molar-refractivity contribution is -0.120. The molecule has 0 bridgehead atoms. The van der Waals surface area contributed by atoms with Crippen LogP contribution in [0.5, 0.6) is 0 Å². The lowest BCUT2D eigenvalue weighted by Gasteiger charge is -2.19. The minimum Gasteiger partial charge on any atom is -0.356 e. The van der Waals surface area contributed by atoms with E-state index in [1.807, 2.05) is 30.5 Å². The summed E-state index contributed by atoms with van der Waals surface area (Å²) < 4.78 is 2.17. The van der Waals surface area contributed by atoms with Crippen molar-refractivity contribution in [2.75, 3.05) is 19.3 Å². The number of amides is 2. The number of hydrogen-bond acceptors (Lipinski definition) is 5. The zero-order valence-electron chi connectivity index (χ0n) is 20.2. The zero-order valence-corrected chi connectivity index (χ0v) is 21.0. The summed E-state index contributed by atoms with van der Waals surface area (Å²) in [6, 6.07) is 7.62. The molecule has 0 aliphatic carbocycles. The first-order valence-electron chi connectivity index (χ1n) is 11.2. The molecule has 2 amide bonds. The van der Waals surface area contributed by atoms with Crippen molar-refractivity contribution < 1.29 is 9.59 Å². The first-order chi connectivity index (χ1) is 15.1. The van der Waals surface area contributed by atoms with E-state index in [1.54, 1.807) is 11.8 Å². The second kappa shape index (κ2) is 12.0. The first-order valence-corrected chi connectivity index (χ1v) is 12.5. The standard InChI is InChI=1S/C24H37N5O2S/c1-17(2)16-29-20(27-28-23(29)32-6)8-7-14-25-21(30)13-15-26-22(31)18-9-11-19(12-10-18)24(3,4)5/h9-12,17H,7-8,13-16H2,1-6H3,(H,25,30)(H,26,31). The van der Waals surface area contributed by atoms with Gasteiger partial charge in [0.2, 0.25) is 5.91 Å². The molecule has 0 saturated heterocycles. The lowest BCUT2D eigenvalue weighted by Crippen LogP contribution is -2.31. The largest absolute Gasteiger partial charge is 0.356 e. The van der Waals surface area contributed by atoms with E-state index < -0.39 is 0 Å². The summed E-state index contributed by atoms with van der Waals surface area (Å²) in [5.74, 6) is 1.25. The molecule has 7 nitrogen and oxygen atoms in total. The number of carbonyl (C=O) groups is 2. The minimum atomic E-state index is -0.160. The van der Waals surface area contributed by atoms with Crippen molar-refractivity contribution in [3.8, 4) is 0 Å². The van der Waals surface area contributed by atoms with Crippen LogP contribution in [-0.4, -0.2) is 45.9 Å². The van der Waals surface area contributed by atoms with Crippen LogP contribution in [-0.2, 0) is 23.2 Å². The Morgan fingerprint density at radius 3 is 2.34 bits per heavy atom. The van der Waals surface area contributed by atoms with Crippen LogP contribution in [0.2, 0.25) is 0 Å². The molecule has 0 fully saturated rings. The maximum Gasteiger partial charge on any atom is 0.251 e. The Morgan fingerprint density at radius 1 is 1.06 bits per heavy atom. The summed E-state index contributed by atoms with van der Waals surface area (Å²) in [5.41, 5.74) is 1.84. The van der Waals surface area contributed by atoms with Crippen LogP contribution in [0.1, 0.15) is 69.2 Å². The second-order valence-electron chi connectivity index (χ2n) is 9.39. The normalized spacial score (nSPS) is 11.6. The number of rotatable bonds is 11. The molecule has 1 heterocycles. The average molecular weight is 460 g/mol. The molecule has 0 aliphatic rings. The molecule has 0 spiro atoms. The predicted octanol–water partition coefficient (Wildman–Crippen LogP) is 3.82. The van der Waals surface area contributed by atoms with Gasteiger partial charge in [-0.05, 0) is 41.7 Å². The molecule has 0 aliphatic heterocycles. The molecule has 1 aromatic heterocycles. The molecule has 0 radical (unpaired) electrons. The van der Waals surface area contributed by atoms with Crippen molar-refractivity contribution in [1.29, 1.82) is 0 Å². The van der Waals surface area contributed by atoms with Gasteiger partial charge >= 0.3 is 0 Å². The van der Waals surface area contributed by atoms with Gasteiger partial charge in [0.1, 0.15) is 5.82 Å². The number of nitrogens with zero attached hydrogens (tertiary/aromatic N) is 3. The third-order valence-electron chi connectivity index (χ3n) is 5.07. The number of aryl methyl sites for hydroxylation is 1. The van der Waals surface area contributed by atoms with Gasteiger partial charge in [-0.25, -0.2) is 0 Å². The highest BCUT2D eigenvalue weighted by Gasteiger charge is 2.15. The van der Waals surface area contributed by atoms with Gasteiger partial charge < -0.3 is 15.2 Å². The summed E-state index contributed by atoms with van der Waals surface area (Å²) >= 11 is 1.60. The zero-order chi connectivity index (χ0) is 23.7. The highest BCUT2D eigenvalue weighted by molar-refractivity contribution is 7.98. The Balaban J connectivity index is 1.69. The van der Waals surface area contributed by atoms with Crippen LogP contribution in [0.4, 0.5) is 0 Å². The molecular weight excluding hydrogens is 422 g/mol. The van der Waals surface area contributed by atoms with Crippen molar-refractivity contribution in [3.63, 3.8) is 0 Å². The van der Waals surface area contributed by atoms with E-state index in [2.05, 4.69) is 60.0 Å². The number of thioether (sulfide) groups is 1. The summed E-state index contributed by atoms with van der Waals surface area (Å²) in [6.07, 6.45) is 3.82. The third kappa shape index (κ3) is 7.97. The molecule has 8 heteroatoms. The highest BCUT2D eigenvalue weighted by atomic mass is 32.2. The van der Waals surface area contributed by atoms with Crippen LogP contribution in [0.15, 0.2) is 29.4 Å². The molecule has 0 saturated carbocycles. The fourth-order valence-electron chi connectivity index (χ4n) is 3.28. The van der Waals surface area contributed by atoms with Gasteiger partial charge in [0.25, 0.3) is 5.91 Å². The fourth-order valence-corrected chi connectivity index (χ4v) is 3.80. The molecular formula is C24H37N5O2S. The summed E-state index contributed by atoms with van der Waals surface area (Å²) in [7, 11) is 0. The van der Waals surface area contributed by atoms with Crippen LogP contribution in [0.25, 0.3) is 0 Å². The number of hydrogen-bond donors (Lipinski definition) is 2. The minimum absolute atomic E-state index is 0.0500. The van der Waals surface area contributed by atoms with Crippen LogP contribution in [0, 0.1) is 5.92 Å². The molecule has 32 heavy (non-hydrogen) atoms. The Bertz CT molecular complexity index is 885. The van der Waals surface area contributed by atoms with E-state index in [4.69, 9.17) is 0 Å². The Morgan fingerprint density at radius 2 is 1.75 bits per heavy atom. The maximum absolute atomic E-state index is 12.3. The predicted molar refractivity (Wildman–Crippen MR) is 130 cm³/mol. The quantitative estimate of drug-likeness (QED) is 0.394. The summed E-state index contributed by atoms with van der Waals surface area (Å²) in [6.45, 7) is 12.5. The topological polar surface area (TPSA) is 88.9 Å². The van der Waals surface area contributed by atoms with Gasteiger partial charge in [-0.3, -0.25) is 9.59 Å². The van der Waals surface area contributed by atoms with Gasteiger partial charge in [-0.2, -0.15) is 0 Å². The van der Waals surface area contributed by atoms with Gasteiger partial charge in [-0.1, -0.05) is 58.5 Å². The Kier molecular flexibility index (Phi) is 9.75. The molecule has 2 N–H and O–H groups in total. The van der Waals surface area contributed by atoms with Crippen molar-refractivity contribution in [2.24, 2.45) is 5.92 Å². The van der Waals surface area contributed by atoms with Crippen LogP contribution < -0.4 is 10.6 Å². The van der Waals surface area contributed by atoms with Crippen molar-refractivity contribution >= 4 is 23.6 Å². The van der Waals surface area contributed by atoms with Gasteiger partial charge in [0.05, 0.1) is 0 Å². The number of benzene rings is 1. The molecule has 176 valence electrons. The van der Waals surface area contributed by atoms with Crippen molar-refractivity contribution in [2.45, 2.75) is 71.0 Å². The maximum atomic E-state index is 12.3. The second-order valence-corrected chi connectivity index (χ2v) is 10.2. The lowest BCUT2D eigenvalue weighted by atomic mass is 9.87. The van der Waals surface area contributed by atoms with Crippen LogP contribution >= 0.6 is 11.8 Å². The molecule has 2 rings (SSSR count). The smallest absolute Gasteiger partial charge is 0.251 e. The molecule has 0 atom stereocenters. The van der Waals surface area contributed by atoms with E-state index >= 15 is 0 Å². The number of nitrogens with one attached hydrogen (secondary N) is 2. The summed E-state index contributed by atoms with van der Waals surface area (Å²) in [4.78, 5) is 24.4. The van der Waals surface area contributed by atoms with E-state index in [-0.39, 0.29) is 23.7 Å². The average Bonchev–Trinajstić information content (AvgIpc) is 3.11. The Labute approximate surface area is 196 Å². The number of carbonyl (C=O) groups excluding carboxylic acids is 2. The van der Waals surface area contributed by atoms with Gasteiger partial charge in [0.15, 0.2) is 5.16 Å². The summed E-state index contributed by atoms with van der Waals surface area (Å²) in [5, 5.41) is 15.2. The van der Waals surface area contributed by atoms with E-state index in [0.29, 0.717) is 24.6 Å². The Hall–Kier alpha value is -2.35. The first kappa shape index (κ1) is 25.9. The number of aromatic nitrogens is 3. The van der Waals surface area contributed by atoms with Crippen LogP contribution in [0.3, 0.4) is 0 Å². The van der Waals surface area contributed by atoms with E-state index in [0.717, 1.165) is 30.4 Å². The third-order valence-corrected chi connectivity index (χ3v) is 5.74. The monoisotopic (exact) mass is 459 g/mol. The molecule has 0 unspecified atom stereocenters. The fraction of sp³-hybridized carbons (Fsp3) is 0.583. The highest BCUT2D eigenvalue weighted by Crippen LogP contribution is 2.22. The van der Waals surface area contributed by atoms with Crippen molar-refractivity contribution in [3.05, 3.63) is 41.2 Å². The SMILES string of the molecule is CSc1nnc(CCCNC(=O)CCNC(=O)c2ccc(C(C)(C)C)cc2)n1CC(C)C. The van der Waals surface area contributed by atoms with Gasteiger partial charge in [-0.15, -0.1) is 10.2 Å². The molecule has 1 aromatic carbocycles.